The lowest BCUT2D eigenvalue weighted by Gasteiger charge is -2.18. The molecule has 398 valence electrons. The standard InChI is InChI=1S/C61H118O6/c1-5-7-9-11-13-15-17-19-20-21-22-23-26-29-33-37-41-45-49-53-60(63)66-56-58(55-65-59(62)52-48-44-40-36-32-18-16-14-12-10-8-6-2)67-61(64)54-50-46-42-38-34-30-27-24-25-28-31-35-39-43-47-51-57(3)4/h57-58H,5-56H2,1-4H3/t58-/m1/s1. The summed E-state index contributed by atoms with van der Waals surface area (Å²) in [5, 5.41) is 0. The van der Waals surface area contributed by atoms with Crippen molar-refractivity contribution >= 4 is 17.9 Å². The van der Waals surface area contributed by atoms with Crippen LogP contribution in [-0.4, -0.2) is 37.2 Å². The maximum Gasteiger partial charge on any atom is 0.306 e. The van der Waals surface area contributed by atoms with Crippen molar-refractivity contribution in [3.63, 3.8) is 0 Å². The number of ether oxygens (including phenoxy) is 3. The second-order valence-electron chi connectivity index (χ2n) is 21.5. The summed E-state index contributed by atoms with van der Waals surface area (Å²) in [6.45, 7) is 9.08. The highest BCUT2D eigenvalue weighted by atomic mass is 16.6. The van der Waals surface area contributed by atoms with Crippen molar-refractivity contribution in [3.05, 3.63) is 0 Å². The Morgan fingerprint density at radius 3 is 0.731 bits per heavy atom. The lowest BCUT2D eigenvalue weighted by molar-refractivity contribution is -0.167. The number of unbranched alkanes of at least 4 members (excludes halogenated alkanes) is 43. The Morgan fingerprint density at radius 2 is 0.493 bits per heavy atom. The van der Waals surface area contributed by atoms with Crippen LogP contribution in [0.3, 0.4) is 0 Å². The third-order valence-corrected chi connectivity index (χ3v) is 14.0. The third kappa shape index (κ3) is 55.2. The number of hydrogen-bond donors (Lipinski definition) is 0. The summed E-state index contributed by atoms with van der Waals surface area (Å²) in [7, 11) is 0. The van der Waals surface area contributed by atoms with Crippen LogP contribution < -0.4 is 0 Å². The van der Waals surface area contributed by atoms with Crippen molar-refractivity contribution < 1.29 is 28.6 Å². The van der Waals surface area contributed by atoms with Crippen LogP contribution in [0.2, 0.25) is 0 Å². The van der Waals surface area contributed by atoms with E-state index >= 15 is 0 Å². The summed E-state index contributed by atoms with van der Waals surface area (Å²) in [6.07, 6.45) is 61.0. The van der Waals surface area contributed by atoms with E-state index in [2.05, 4.69) is 27.7 Å². The highest BCUT2D eigenvalue weighted by Crippen LogP contribution is 2.18. The van der Waals surface area contributed by atoms with Gasteiger partial charge in [-0.2, -0.15) is 0 Å². The monoisotopic (exact) mass is 947 g/mol. The molecule has 0 heterocycles. The van der Waals surface area contributed by atoms with Crippen molar-refractivity contribution in [1.82, 2.24) is 0 Å². The zero-order valence-corrected chi connectivity index (χ0v) is 45.9. The fraction of sp³-hybridized carbons (Fsp3) is 0.951. The molecule has 0 aromatic rings. The molecule has 6 heteroatoms. The molecule has 0 aliphatic rings. The first kappa shape index (κ1) is 65.4. The van der Waals surface area contributed by atoms with Gasteiger partial charge in [0.15, 0.2) is 6.10 Å². The minimum absolute atomic E-state index is 0.0615. The van der Waals surface area contributed by atoms with Gasteiger partial charge in [0, 0.05) is 19.3 Å². The molecule has 1 atom stereocenters. The van der Waals surface area contributed by atoms with E-state index in [-0.39, 0.29) is 31.1 Å². The number of hydrogen-bond acceptors (Lipinski definition) is 6. The predicted molar refractivity (Wildman–Crippen MR) is 289 cm³/mol. The molecule has 0 radical (unpaired) electrons. The van der Waals surface area contributed by atoms with E-state index in [1.165, 1.54) is 244 Å². The summed E-state index contributed by atoms with van der Waals surface area (Å²) in [6, 6.07) is 0. The van der Waals surface area contributed by atoms with Crippen LogP contribution in [0.25, 0.3) is 0 Å². The van der Waals surface area contributed by atoms with Crippen molar-refractivity contribution in [2.75, 3.05) is 13.2 Å². The van der Waals surface area contributed by atoms with Gasteiger partial charge >= 0.3 is 17.9 Å². The molecule has 0 unspecified atom stereocenters. The van der Waals surface area contributed by atoms with E-state index in [1.807, 2.05) is 0 Å². The lowest BCUT2D eigenvalue weighted by Crippen LogP contribution is -2.30. The van der Waals surface area contributed by atoms with E-state index in [4.69, 9.17) is 14.2 Å². The number of esters is 3. The van der Waals surface area contributed by atoms with Gasteiger partial charge in [-0.25, -0.2) is 0 Å². The molecular formula is C61H118O6. The van der Waals surface area contributed by atoms with Crippen LogP contribution in [0, 0.1) is 5.92 Å². The first-order chi connectivity index (χ1) is 32.9. The second kappa shape index (κ2) is 55.3. The molecule has 0 bridgehead atoms. The Bertz CT molecular complexity index is 1010. The fourth-order valence-electron chi connectivity index (χ4n) is 9.46. The third-order valence-electron chi connectivity index (χ3n) is 14.0. The predicted octanol–water partition coefficient (Wildman–Crippen LogP) is 20.2. The van der Waals surface area contributed by atoms with Crippen molar-refractivity contribution in [3.8, 4) is 0 Å². The van der Waals surface area contributed by atoms with E-state index in [1.54, 1.807) is 0 Å². The minimum atomic E-state index is -0.762. The molecule has 0 saturated heterocycles. The summed E-state index contributed by atoms with van der Waals surface area (Å²) >= 11 is 0. The Morgan fingerprint density at radius 1 is 0.284 bits per heavy atom. The van der Waals surface area contributed by atoms with E-state index in [9.17, 15) is 14.4 Å². The van der Waals surface area contributed by atoms with Gasteiger partial charge < -0.3 is 14.2 Å². The molecule has 0 aliphatic carbocycles. The molecule has 67 heavy (non-hydrogen) atoms. The SMILES string of the molecule is CCCCCCCCCCCCCCCCCCCCCC(=O)OC[C@@H](COC(=O)CCCCCCCCCCCCCC)OC(=O)CCCCCCCCCCCCCCCCCC(C)C. The summed E-state index contributed by atoms with van der Waals surface area (Å²) in [4.78, 5) is 38.2. The Balaban J connectivity index is 4.25. The van der Waals surface area contributed by atoms with Crippen LogP contribution in [0.1, 0.15) is 349 Å². The zero-order valence-electron chi connectivity index (χ0n) is 45.9. The van der Waals surface area contributed by atoms with Gasteiger partial charge in [-0.1, -0.05) is 310 Å². The first-order valence-corrected chi connectivity index (χ1v) is 30.4. The maximum absolute atomic E-state index is 12.9. The van der Waals surface area contributed by atoms with Crippen molar-refractivity contribution in [2.24, 2.45) is 5.92 Å². The molecule has 0 amide bonds. The largest absolute Gasteiger partial charge is 0.462 e. The van der Waals surface area contributed by atoms with Gasteiger partial charge in [0.1, 0.15) is 13.2 Å². The van der Waals surface area contributed by atoms with Gasteiger partial charge in [-0.15, -0.1) is 0 Å². The number of carbonyl (C=O) groups is 3. The lowest BCUT2D eigenvalue weighted by atomic mass is 10.0. The van der Waals surface area contributed by atoms with Crippen molar-refractivity contribution in [1.29, 1.82) is 0 Å². The summed E-state index contributed by atoms with van der Waals surface area (Å²) < 4.78 is 16.9. The van der Waals surface area contributed by atoms with Crippen LogP contribution >= 0.6 is 0 Å². The number of carbonyl (C=O) groups excluding carboxylic acids is 3. The van der Waals surface area contributed by atoms with Gasteiger partial charge in [0.2, 0.25) is 0 Å². The van der Waals surface area contributed by atoms with Gasteiger partial charge in [0.05, 0.1) is 0 Å². The molecule has 0 fully saturated rings. The average Bonchev–Trinajstić information content (AvgIpc) is 3.31. The topological polar surface area (TPSA) is 78.9 Å². The summed E-state index contributed by atoms with van der Waals surface area (Å²) in [5.74, 6) is 0.0157. The van der Waals surface area contributed by atoms with Crippen LogP contribution in [0.4, 0.5) is 0 Å². The molecule has 0 aromatic heterocycles. The van der Waals surface area contributed by atoms with Gasteiger partial charge in [0.25, 0.3) is 0 Å². The Kier molecular flexibility index (Phi) is 54.0. The smallest absolute Gasteiger partial charge is 0.306 e. The molecule has 0 aromatic carbocycles. The Labute approximate surface area is 418 Å². The molecule has 0 spiro atoms. The van der Waals surface area contributed by atoms with Crippen molar-refractivity contribution in [2.45, 2.75) is 355 Å². The highest BCUT2D eigenvalue weighted by molar-refractivity contribution is 5.71. The molecule has 0 saturated carbocycles. The Hall–Kier alpha value is -1.59. The van der Waals surface area contributed by atoms with E-state index < -0.39 is 6.10 Å². The number of rotatable bonds is 56. The molecule has 6 nitrogen and oxygen atoms in total. The quantitative estimate of drug-likeness (QED) is 0.0343. The highest BCUT2D eigenvalue weighted by Gasteiger charge is 2.19. The van der Waals surface area contributed by atoms with E-state index in [0.29, 0.717) is 19.3 Å². The zero-order chi connectivity index (χ0) is 48.8. The van der Waals surface area contributed by atoms with Gasteiger partial charge in [-0.3, -0.25) is 14.4 Å². The van der Waals surface area contributed by atoms with Crippen LogP contribution in [0.5, 0.6) is 0 Å². The minimum Gasteiger partial charge on any atom is -0.462 e. The molecule has 0 rings (SSSR count). The normalized spacial score (nSPS) is 12.0. The molecule has 0 N–H and O–H groups in total. The molecular weight excluding hydrogens is 829 g/mol. The average molecular weight is 948 g/mol. The summed E-state index contributed by atoms with van der Waals surface area (Å²) in [5.41, 5.74) is 0. The molecule has 0 aliphatic heterocycles. The maximum atomic E-state index is 12.9. The second-order valence-corrected chi connectivity index (χ2v) is 21.5. The van der Waals surface area contributed by atoms with E-state index in [0.717, 1.165) is 63.7 Å². The van der Waals surface area contributed by atoms with Crippen LogP contribution in [0.15, 0.2) is 0 Å². The fourth-order valence-corrected chi connectivity index (χ4v) is 9.46. The van der Waals surface area contributed by atoms with Gasteiger partial charge in [-0.05, 0) is 25.2 Å². The van der Waals surface area contributed by atoms with Crippen LogP contribution in [-0.2, 0) is 28.6 Å². The first-order valence-electron chi connectivity index (χ1n) is 30.4.